The molecule has 1 aromatic heterocycles. The van der Waals surface area contributed by atoms with Crippen molar-refractivity contribution < 1.29 is 23.2 Å². The van der Waals surface area contributed by atoms with Gasteiger partial charge in [-0.3, -0.25) is 9.78 Å². The Morgan fingerprint density at radius 2 is 1.32 bits per heavy atom. The molecule has 1 heterocycles. The summed E-state index contributed by atoms with van der Waals surface area (Å²) in [6.07, 6.45) is 11.8. The first-order valence-electron chi connectivity index (χ1n) is 22.2. The molecule has 5 atom stereocenters. The van der Waals surface area contributed by atoms with E-state index in [9.17, 15) is 5.11 Å². The highest BCUT2D eigenvalue weighted by atomic mass is 28.4. The lowest BCUT2D eigenvalue weighted by atomic mass is 9.71. The van der Waals surface area contributed by atoms with Gasteiger partial charge in [-0.05, 0) is 136 Å². The molecule has 0 aliphatic rings. The molecule has 0 aliphatic heterocycles. The Morgan fingerprint density at radius 1 is 0.789 bits per heavy atom. The second kappa shape index (κ2) is 21.5. The number of aromatic nitrogens is 1. The number of pyridine rings is 1. The van der Waals surface area contributed by atoms with E-state index in [4.69, 9.17) is 13.3 Å². The Morgan fingerprint density at radius 3 is 1.79 bits per heavy atom. The molecule has 5 unspecified atom stereocenters. The maximum absolute atomic E-state index is 15.1. The molecule has 0 saturated heterocycles. The Bertz CT molecular complexity index is 1430. The zero-order chi connectivity index (χ0) is 44.4. The number of hydrogen-bond donors (Lipinski definition) is 1. The van der Waals surface area contributed by atoms with Gasteiger partial charge in [-0.25, -0.2) is 0 Å². The first-order valence-corrected chi connectivity index (χ1v) is 30.9. The number of carbonyl (C=O) groups excluding carboxylic acids is 1. The molecule has 1 rings (SSSR count). The van der Waals surface area contributed by atoms with Crippen molar-refractivity contribution in [1.82, 2.24) is 4.98 Å². The fourth-order valence-electron chi connectivity index (χ4n) is 6.65. The number of hydrogen-bond acceptors (Lipinski definition) is 6. The van der Waals surface area contributed by atoms with E-state index >= 15 is 4.79 Å². The number of carbonyl (C=O) groups is 1. The van der Waals surface area contributed by atoms with Crippen LogP contribution in [0.15, 0.2) is 41.6 Å². The van der Waals surface area contributed by atoms with Gasteiger partial charge in [0.25, 0.3) is 0 Å². The number of aliphatic hydroxyl groups is 1. The molecule has 0 aliphatic carbocycles. The van der Waals surface area contributed by atoms with Crippen LogP contribution in [0.3, 0.4) is 0 Å². The Kier molecular flexibility index (Phi) is 20.3. The predicted octanol–water partition coefficient (Wildman–Crippen LogP) is 14.2. The second-order valence-electron chi connectivity index (χ2n) is 22.4. The molecule has 1 N–H and O–H groups in total. The molecule has 0 spiro atoms. The Balaban J connectivity index is 3.46. The molecular weight excluding hydrogens is 755 g/mol. The zero-order valence-electron chi connectivity index (χ0n) is 41.0. The van der Waals surface area contributed by atoms with Crippen molar-refractivity contribution in [1.29, 1.82) is 0 Å². The topological polar surface area (TPSA) is 77.9 Å². The highest BCUT2D eigenvalue weighted by Crippen LogP contribution is 2.45. The number of Topliss-reactive ketones (excluding diaryl/α,β-unsaturated/α-hetero) is 1. The summed E-state index contributed by atoms with van der Waals surface area (Å²) in [7, 11) is -6.49. The maximum Gasteiger partial charge on any atom is 0.192 e. The van der Waals surface area contributed by atoms with Crippen molar-refractivity contribution in [3.63, 3.8) is 0 Å². The number of ketones is 1. The zero-order valence-corrected chi connectivity index (χ0v) is 44.0. The van der Waals surface area contributed by atoms with Gasteiger partial charge in [0.15, 0.2) is 25.0 Å². The van der Waals surface area contributed by atoms with E-state index < -0.39 is 30.4 Å². The van der Waals surface area contributed by atoms with E-state index in [2.05, 4.69) is 160 Å². The van der Waals surface area contributed by atoms with Gasteiger partial charge in [0.05, 0.1) is 24.0 Å². The number of rotatable bonds is 23. The van der Waals surface area contributed by atoms with Crippen LogP contribution in [0, 0.1) is 17.3 Å². The van der Waals surface area contributed by atoms with Gasteiger partial charge in [0.1, 0.15) is 5.78 Å². The monoisotopic (exact) mass is 846 g/mol. The highest BCUT2D eigenvalue weighted by molar-refractivity contribution is 6.75. The van der Waals surface area contributed by atoms with Crippen LogP contribution in [0.1, 0.15) is 154 Å². The molecule has 9 heteroatoms. The van der Waals surface area contributed by atoms with Crippen LogP contribution in [0.5, 0.6) is 0 Å². The van der Waals surface area contributed by atoms with Crippen molar-refractivity contribution in [3.05, 3.63) is 47.3 Å². The summed E-state index contributed by atoms with van der Waals surface area (Å²) in [5, 5.41) is 10.3. The van der Waals surface area contributed by atoms with Gasteiger partial charge in [0.2, 0.25) is 0 Å². The number of aliphatic hydroxyl groups excluding tert-OH is 1. The van der Waals surface area contributed by atoms with Gasteiger partial charge in [-0.1, -0.05) is 114 Å². The largest absolute Gasteiger partial charge is 0.413 e. The molecule has 0 radical (unpaired) electrons. The van der Waals surface area contributed by atoms with Gasteiger partial charge in [-0.15, -0.1) is 0 Å². The standard InChI is InChI=1S/C48H91NO5Si3/c1-22-26-40(44(51)48(14,15)42(32-34-50)53-56(18,19)46(8,9)10)43(54-57(20,21)47(11,12)13)37(3)28-25-27-36(2)30-31-41(52-55(16,17)45(5,6)7)38(4)35-39-29-23-24-33-49-39/h23-24,29-30,33,35,37,40-43,50H,22,25-28,31-32,34H2,1-21H3. The van der Waals surface area contributed by atoms with E-state index in [0.29, 0.717) is 6.42 Å². The summed E-state index contributed by atoms with van der Waals surface area (Å²) in [4.78, 5) is 19.7. The molecule has 57 heavy (non-hydrogen) atoms. The third-order valence-electron chi connectivity index (χ3n) is 13.9. The summed E-state index contributed by atoms with van der Waals surface area (Å²) in [6, 6.07) is 6.03. The van der Waals surface area contributed by atoms with E-state index in [-0.39, 0.29) is 57.7 Å². The summed E-state index contributed by atoms with van der Waals surface area (Å²) in [6.45, 7) is 47.3. The van der Waals surface area contributed by atoms with Crippen molar-refractivity contribution in [2.75, 3.05) is 6.61 Å². The van der Waals surface area contributed by atoms with Gasteiger partial charge >= 0.3 is 0 Å². The predicted molar refractivity (Wildman–Crippen MR) is 254 cm³/mol. The molecule has 0 saturated carbocycles. The lowest BCUT2D eigenvalue weighted by molar-refractivity contribution is -0.142. The number of allylic oxidation sites excluding steroid dienone is 1. The Labute approximate surface area is 356 Å². The van der Waals surface area contributed by atoms with Crippen LogP contribution < -0.4 is 0 Å². The minimum absolute atomic E-state index is 0.00836. The lowest BCUT2D eigenvalue weighted by Gasteiger charge is -2.47. The molecular formula is C48H91NO5Si3. The average Bonchev–Trinajstić information content (AvgIpc) is 3.06. The fraction of sp³-hybridized carbons (Fsp3) is 0.792. The van der Waals surface area contributed by atoms with Crippen molar-refractivity contribution >= 4 is 36.8 Å². The van der Waals surface area contributed by atoms with Crippen LogP contribution in [0.4, 0.5) is 0 Å². The SMILES string of the molecule is CCCC(C(=O)C(C)(C)C(CCO)O[Si](C)(C)C(C)(C)C)C(O[Si](C)(C)C(C)(C)C)C(C)CCCC(C)=CCC(O[Si](C)(C)C(C)(C)C)C(C)=Cc1ccccn1. The first kappa shape index (κ1) is 53.8. The van der Waals surface area contributed by atoms with E-state index in [0.717, 1.165) is 44.2 Å². The highest BCUT2D eigenvalue weighted by Gasteiger charge is 2.50. The van der Waals surface area contributed by atoms with Crippen LogP contribution in [-0.4, -0.2) is 65.7 Å². The molecule has 0 bridgehead atoms. The number of nitrogens with zero attached hydrogens (tertiary/aromatic N) is 1. The van der Waals surface area contributed by atoms with Crippen molar-refractivity contribution in [2.45, 2.75) is 222 Å². The van der Waals surface area contributed by atoms with Gasteiger partial charge in [-0.2, -0.15) is 0 Å². The van der Waals surface area contributed by atoms with Crippen LogP contribution in [0.25, 0.3) is 6.08 Å². The average molecular weight is 847 g/mol. The molecule has 6 nitrogen and oxygen atoms in total. The van der Waals surface area contributed by atoms with Gasteiger partial charge in [0, 0.05) is 24.1 Å². The fourth-order valence-corrected chi connectivity index (χ4v) is 10.9. The third kappa shape index (κ3) is 16.0. The summed E-state index contributed by atoms with van der Waals surface area (Å²) >= 11 is 0. The van der Waals surface area contributed by atoms with Crippen LogP contribution in [-0.2, 0) is 18.1 Å². The summed E-state index contributed by atoms with van der Waals surface area (Å²) in [5.74, 6) is 0.158. The summed E-state index contributed by atoms with van der Waals surface area (Å²) in [5.41, 5.74) is 2.75. The Hall–Kier alpha value is -1.21. The third-order valence-corrected chi connectivity index (χ3v) is 27.4. The molecule has 0 aromatic carbocycles. The first-order chi connectivity index (χ1) is 25.8. The quantitative estimate of drug-likeness (QED) is 0.0873. The minimum atomic E-state index is -2.24. The van der Waals surface area contributed by atoms with E-state index in [1.807, 2.05) is 24.4 Å². The van der Waals surface area contributed by atoms with Crippen molar-refractivity contribution in [2.24, 2.45) is 17.3 Å². The molecule has 330 valence electrons. The summed E-state index contributed by atoms with van der Waals surface area (Å²) < 4.78 is 21.4. The van der Waals surface area contributed by atoms with Crippen LogP contribution >= 0.6 is 0 Å². The van der Waals surface area contributed by atoms with Crippen molar-refractivity contribution in [3.8, 4) is 0 Å². The second-order valence-corrected chi connectivity index (χ2v) is 36.6. The minimum Gasteiger partial charge on any atom is -0.413 e. The van der Waals surface area contributed by atoms with Gasteiger partial charge < -0.3 is 18.4 Å². The van der Waals surface area contributed by atoms with E-state index in [1.54, 1.807) is 0 Å². The molecule has 0 fully saturated rings. The maximum atomic E-state index is 15.1. The normalized spacial score (nSPS) is 17.3. The molecule has 1 aromatic rings. The lowest BCUT2D eigenvalue weighted by Crippen LogP contribution is -2.54. The van der Waals surface area contributed by atoms with Crippen LogP contribution in [0.2, 0.25) is 54.4 Å². The smallest absolute Gasteiger partial charge is 0.192 e. The molecule has 0 amide bonds. The van der Waals surface area contributed by atoms with E-state index in [1.165, 1.54) is 11.1 Å².